The smallest absolute Gasteiger partial charge is 0.274 e. The van der Waals surface area contributed by atoms with Gasteiger partial charge in [-0.05, 0) is 42.0 Å². The maximum absolute atomic E-state index is 12.8. The predicted octanol–water partition coefficient (Wildman–Crippen LogP) is 4.84. The summed E-state index contributed by atoms with van der Waals surface area (Å²) in [4.78, 5) is 16.9. The number of hydrogen-bond donors (Lipinski definition) is 0. The molecule has 162 valence electrons. The van der Waals surface area contributed by atoms with Gasteiger partial charge in [0.05, 0.1) is 0 Å². The Morgan fingerprint density at radius 2 is 1.74 bits per heavy atom. The molecule has 1 aliphatic rings. The Balaban J connectivity index is 1.28. The van der Waals surface area contributed by atoms with Crippen LogP contribution in [0.15, 0.2) is 54.7 Å². The van der Waals surface area contributed by atoms with E-state index in [1.165, 1.54) is 0 Å². The Hall–Kier alpha value is -2.25. The number of halogens is 3. The number of aromatic nitrogens is 2. The van der Waals surface area contributed by atoms with Crippen molar-refractivity contribution < 1.29 is 9.53 Å². The van der Waals surface area contributed by atoms with Crippen molar-refractivity contribution in [2.75, 3.05) is 26.2 Å². The molecule has 1 aliphatic heterocycles. The molecule has 0 spiro atoms. The average molecular weight is 480 g/mol. The fourth-order valence-electron chi connectivity index (χ4n) is 3.41. The molecule has 0 atom stereocenters. The zero-order valence-electron chi connectivity index (χ0n) is 16.7. The van der Waals surface area contributed by atoms with Crippen LogP contribution in [0.25, 0.3) is 0 Å². The van der Waals surface area contributed by atoms with Crippen LogP contribution in [0, 0.1) is 0 Å². The van der Waals surface area contributed by atoms with Gasteiger partial charge in [0, 0.05) is 54.0 Å². The van der Waals surface area contributed by atoms with Gasteiger partial charge in [0.25, 0.3) is 5.91 Å². The summed E-state index contributed by atoms with van der Waals surface area (Å²) in [5.41, 5.74) is 1.44. The Labute approximate surface area is 195 Å². The van der Waals surface area contributed by atoms with Crippen LogP contribution in [-0.2, 0) is 13.3 Å². The molecule has 6 nitrogen and oxygen atoms in total. The van der Waals surface area contributed by atoms with Crippen LogP contribution < -0.4 is 4.74 Å². The second-order valence-electron chi connectivity index (χ2n) is 7.28. The average Bonchev–Trinajstić information content (AvgIpc) is 3.23. The number of rotatable bonds is 6. The number of benzene rings is 2. The first kappa shape index (κ1) is 22.0. The molecule has 2 aromatic carbocycles. The van der Waals surface area contributed by atoms with Gasteiger partial charge in [0.1, 0.15) is 5.75 Å². The van der Waals surface area contributed by atoms with E-state index in [-0.39, 0.29) is 12.6 Å². The quantitative estimate of drug-likeness (QED) is 0.508. The summed E-state index contributed by atoms with van der Waals surface area (Å²) in [5.74, 6) is 0.568. The minimum atomic E-state index is -0.0781. The van der Waals surface area contributed by atoms with Gasteiger partial charge in [-0.15, -0.1) is 0 Å². The molecule has 1 fully saturated rings. The lowest BCUT2D eigenvalue weighted by Crippen LogP contribution is -2.48. The number of hydrogen-bond acceptors (Lipinski definition) is 4. The molecule has 0 N–H and O–H groups in total. The molecule has 1 saturated heterocycles. The summed E-state index contributed by atoms with van der Waals surface area (Å²) < 4.78 is 7.25. The van der Waals surface area contributed by atoms with Gasteiger partial charge in [0.2, 0.25) is 0 Å². The molecule has 2 heterocycles. The highest BCUT2D eigenvalue weighted by molar-refractivity contribution is 6.35. The Morgan fingerprint density at radius 3 is 2.48 bits per heavy atom. The van der Waals surface area contributed by atoms with Crippen LogP contribution in [0.3, 0.4) is 0 Å². The highest BCUT2D eigenvalue weighted by Gasteiger charge is 2.24. The summed E-state index contributed by atoms with van der Waals surface area (Å²) in [7, 11) is 0. The largest absolute Gasteiger partial charge is 0.471 e. The van der Waals surface area contributed by atoms with Gasteiger partial charge >= 0.3 is 0 Å². The van der Waals surface area contributed by atoms with Crippen molar-refractivity contribution >= 4 is 40.7 Å². The predicted molar refractivity (Wildman–Crippen MR) is 122 cm³/mol. The molecule has 0 unspecified atom stereocenters. The van der Waals surface area contributed by atoms with Crippen molar-refractivity contribution in [2.45, 2.75) is 13.3 Å². The second-order valence-corrected chi connectivity index (χ2v) is 8.56. The number of ether oxygens (including phenoxy) is 1. The van der Waals surface area contributed by atoms with Crippen molar-refractivity contribution in [1.29, 1.82) is 0 Å². The van der Waals surface area contributed by atoms with Crippen molar-refractivity contribution in [3.05, 3.63) is 81.1 Å². The van der Waals surface area contributed by atoms with E-state index in [0.717, 1.165) is 25.2 Å². The molecule has 0 bridgehead atoms. The van der Waals surface area contributed by atoms with E-state index < -0.39 is 0 Å². The lowest BCUT2D eigenvalue weighted by Gasteiger charge is -2.34. The fraction of sp³-hybridized carbons (Fsp3) is 0.273. The van der Waals surface area contributed by atoms with Crippen molar-refractivity contribution in [3.63, 3.8) is 0 Å². The Kier molecular flexibility index (Phi) is 7.02. The first-order valence-electron chi connectivity index (χ1n) is 9.85. The fourth-order valence-corrected chi connectivity index (χ4v) is 4.06. The van der Waals surface area contributed by atoms with Crippen LogP contribution >= 0.6 is 34.8 Å². The first-order valence-corrected chi connectivity index (χ1v) is 11.0. The highest BCUT2D eigenvalue weighted by Crippen LogP contribution is 2.23. The van der Waals surface area contributed by atoms with Crippen LogP contribution in [0.2, 0.25) is 15.1 Å². The standard InChI is InChI=1S/C22H21Cl3N4O2/c23-17-2-1-3-19(12-17)31-15-29-7-6-21(26-29)22(30)28-10-8-27(9-11-28)14-16-4-5-18(24)13-20(16)25/h1-7,12-13H,8-11,14-15H2. The summed E-state index contributed by atoms with van der Waals surface area (Å²) in [5, 5.41) is 6.25. The van der Waals surface area contributed by atoms with Crippen molar-refractivity contribution in [1.82, 2.24) is 19.6 Å². The highest BCUT2D eigenvalue weighted by atomic mass is 35.5. The SMILES string of the molecule is O=C(c1ccn(COc2cccc(Cl)c2)n1)N1CCN(Cc2ccc(Cl)cc2Cl)CC1. The van der Waals surface area contributed by atoms with Crippen LogP contribution in [-0.4, -0.2) is 51.7 Å². The molecule has 0 radical (unpaired) electrons. The van der Waals surface area contributed by atoms with Gasteiger partial charge < -0.3 is 9.64 Å². The molecule has 4 rings (SSSR count). The summed E-state index contributed by atoms with van der Waals surface area (Å²) in [6.07, 6.45) is 1.73. The number of carbonyl (C=O) groups is 1. The number of carbonyl (C=O) groups excluding carboxylic acids is 1. The minimum Gasteiger partial charge on any atom is -0.471 e. The lowest BCUT2D eigenvalue weighted by atomic mass is 10.2. The van der Waals surface area contributed by atoms with E-state index >= 15 is 0 Å². The minimum absolute atomic E-state index is 0.0781. The topological polar surface area (TPSA) is 50.6 Å². The maximum Gasteiger partial charge on any atom is 0.274 e. The first-order chi connectivity index (χ1) is 15.0. The third-order valence-electron chi connectivity index (χ3n) is 5.09. The molecular formula is C22H21Cl3N4O2. The molecule has 1 aromatic heterocycles. The zero-order chi connectivity index (χ0) is 21.8. The van der Waals surface area contributed by atoms with Crippen molar-refractivity contribution in [3.8, 4) is 5.75 Å². The maximum atomic E-state index is 12.8. The van der Waals surface area contributed by atoms with Crippen LogP contribution in [0.4, 0.5) is 0 Å². The Bertz CT molecular complexity index is 1060. The molecule has 0 aliphatic carbocycles. The molecular weight excluding hydrogens is 459 g/mol. The Morgan fingerprint density at radius 1 is 0.968 bits per heavy atom. The number of piperazine rings is 1. The summed E-state index contributed by atoms with van der Waals surface area (Å²) in [6, 6.07) is 14.4. The van der Waals surface area contributed by atoms with Gasteiger partial charge in [-0.1, -0.05) is 46.9 Å². The van der Waals surface area contributed by atoms with E-state index in [1.54, 1.807) is 35.1 Å². The molecule has 31 heavy (non-hydrogen) atoms. The third kappa shape index (κ3) is 5.71. The van der Waals surface area contributed by atoms with Crippen molar-refractivity contribution in [2.24, 2.45) is 0 Å². The lowest BCUT2D eigenvalue weighted by molar-refractivity contribution is 0.0621. The molecule has 9 heteroatoms. The van der Waals surface area contributed by atoms with E-state index in [9.17, 15) is 4.79 Å². The summed E-state index contributed by atoms with van der Waals surface area (Å²) in [6.45, 7) is 3.73. The molecule has 3 aromatic rings. The van der Waals surface area contributed by atoms with Gasteiger partial charge in [-0.2, -0.15) is 5.10 Å². The number of nitrogens with zero attached hydrogens (tertiary/aromatic N) is 4. The monoisotopic (exact) mass is 478 g/mol. The zero-order valence-corrected chi connectivity index (χ0v) is 18.9. The second kappa shape index (κ2) is 9.92. The van der Waals surface area contributed by atoms with Crippen LogP contribution in [0.1, 0.15) is 16.1 Å². The molecule has 1 amide bonds. The van der Waals surface area contributed by atoms with Gasteiger partial charge in [-0.3, -0.25) is 9.69 Å². The van der Waals surface area contributed by atoms with E-state index in [2.05, 4.69) is 10.00 Å². The van der Waals surface area contributed by atoms with Crippen LogP contribution in [0.5, 0.6) is 5.75 Å². The molecule has 0 saturated carbocycles. The normalized spacial score (nSPS) is 14.6. The number of amides is 1. The van der Waals surface area contributed by atoms with Gasteiger partial charge in [0.15, 0.2) is 12.4 Å². The third-order valence-corrected chi connectivity index (χ3v) is 5.91. The van der Waals surface area contributed by atoms with E-state index in [1.807, 2.05) is 29.2 Å². The van der Waals surface area contributed by atoms with E-state index in [4.69, 9.17) is 39.5 Å². The van der Waals surface area contributed by atoms with Gasteiger partial charge in [-0.25, -0.2) is 4.68 Å². The summed E-state index contributed by atoms with van der Waals surface area (Å²) >= 11 is 18.2. The van der Waals surface area contributed by atoms with E-state index in [0.29, 0.717) is 39.6 Å².